The molecule has 1 aromatic carbocycles. The first kappa shape index (κ1) is 17.8. The van der Waals surface area contributed by atoms with Crippen molar-refractivity contribution < 1.29 is 8.42 Å². The molecule has 7 heteroatoms. The number of anilines is 2. The van der Waals surface area contributed by atoms with Gasteiger partial charge in [-0.3, -0.25) is 0 Å². The largest absolute Gasteiger partial charge is 0.340 e. The second kappa shape index (κ2) is 7.51. The number of hydrogen-bond acceptors (Lipinski definition) is 5. The van der Waals surface area contributed by atoms with Gasteiger partial charge in [0.2, 0.25) is 10.0 Å². The van der Waals surface area contributed by atoms with Crippen LogP contribution in [0.2, 0.25) is 0 Å². The highest BCUT2D eigenvalue weighted by atomic mass is 32.2. The van der Waals surface area contributed by atoms with Gasteiger partial charge >= 0.3 is 0 Å². The Hall–Kier alpha value is -1.96. The van der Waals surface area contributed by atoms with E-state index in [1.165, 1.54) is 16.1 Å². The molecular formula is C18H24N4O2S. The molecular weight excluding hydrogens is 336 g/mol. The van der Waals surface area contributed by atoms with Gasteiger partial charge in [-0.25, -0.2) is 13.4 Å². The van der Waals surface area contributed by atoms with E-state index in [0.717, 1.165) is 25.2 Å². The average Bonchev–Trinajstić information content (AvgIpc) is 2.63. The second-order valence-electron chi connectivity index (χ2n) is 6.22. The molecule has 1 N–H and O–H groups in total. The number of nitrogens with zero attached hydrogens (tertiary/aromatic N) is 3. The van der Waals surface area contributed by atoms with Crippen molar-refractivity contribution in [3.63, 3.8) is 0 Å². The number of aryl methyl sites for hydroxylation is 1. The van der Waals surface area contributed by atoms with Crippen LogP contribution < -0.4 is 5.32 Å². The van der Waals surface area contributed by atoms with Gasteiger partial charge in [-0.05, 0) is 37.2 Å². The highest BCUT2D eigenvalue weighted by Crippen LogP contribution is 2.22. The van der Waals surface area contributed by atoms with E-state index in [9.17, 15) is 8.42 Å². The van der Waals surface area contributed by atoms with Gasteiger partial charge in [0.25, 0.3) is 0 Å². The van der Waals surface area contributed by atoms with Crippen molar-refractivity contribution in [3.05, 3.63) is 48.2 Å². The van der Waals surface area contributed by atoms with E-state index in [4.69, 9.17) is 0 Å². The summed E-state index contributed by atoms with van der Waals surface area (Å²) in [6, 6.07) is 11.4. The zero-order valence-corrected chi connectivity index (χ0v) is 15.5. The Labute approximate surface area is 149 Å². The van der Waals surface area contributed by atoms with Crippen molar-refractivity contribution in [2.45, 2.75) is 18.2 Å². The van der Waals surface area contributed by atoms with Gasteiger partial charge in [0.05, 0.1) is 0 Å². The number of hydrogen-bond donors (Lipinski definition) is 1. The molecule has 0 radical (unpaired) electrons. The van der Waals surface area contributed by atoms with Gasteiger partial charge in [-0.15, -0.1) is 0 Å². The van der Waals surface area contributed by atoms with Gasteiger partial charge in [0, 0.05) is 38.1 Å². The summed E-state index contributed by atoms with van der Waals surface area (Å²) in [6.07, 6.45) is 2.35. The van der Waals surface area contributed by atoms with Crippen LogP contribution in [-0.4, -0.2) is 55.8 Å². The van der Waals surface area contributed by atoms with Gasteiger partial charge in [-0.1, -0.05) is 25.1 Å². The number of para-hydroxylation sites is 1. The Morgan fingerprint density at radius 1 is 1.08 bits per heavy atom. The van der Waals surface area contributed by atoms with Crippen LogP contribution in [0.5, 0.6) is 0 Å². The molecule has 0 bridgehead atoms. The lowest BCUT2D eigenvalue weighted by Gasteiger charge is -2.31. The summed E-state index contributed by atoms with van der Waals surface area (Å²) in [5, 5.41) is 3.26. The lowest BCUT2D eigenvalue weighted by molar-refractivity contribution is 0.222. The Morgan fingerprint density at radius 3 is 2.44 bits per heavy atom. The fourth-order valence-electron chi connectivity index (χ4n) is 2.87. The number of nitrogens with one attached hydrogen (secondary N) is 1. The number of likely N-dealkylation sites (N-methyl/N-ethyl adjacent to an activating group) is 1. The molecule has 6 nitrogen and oxygen atoms in total. The van der Waals surface area contributed by atoms with Crippen molar-refractivity contribution in [3.8, 4) is 0 Å². The van der Waals surface area contributed by atoms with Gasteiger partial charge in [0.1, 0.15) is 10.7 Å². The number of piperazine rings is 1. The van der Waals surface area contributed by atoms with Crippen LogP contribution in [0.3, 0.4) is 0 Å². The SMILES string of the molecule is CCc1ccccc1Nc1ccc(S(=O)(=O)N2CCN(C)CC2)cn1. The molecule has 0 saturated carbocycles. The third-order valence-electron chi connectivity index (χ3n) is 4.50. The fraction of sp³-hybridized carbons (Fsp3) is 0.389. The topological polar surface area (TPSA) is 65.5 Å². The minimum Gasteiger partial charge on any atom is -0.340 e. The summed E-state index contributed by atoms with van der Waals surface area (Å²) in [7, 11) is -1.47. The molecule has 134 valence electrons. The third-order valence-corrected chi connectivity index (χ3v) is 6.38. The zero-order chi connectivity index (χ0) is 17.9. The minimum atomic E-state index is -3.47. The van der Waals surface area contributed by atoms with Crippen LogP contribution in [0.25, 0.3) is 0 Å². The quantitative estimate of drug-likeness (QED) is 0.886. The predicted molar refractivity (Wildman–Crippen MR) is 99.6 cm³/mol. The number of aromatic nitrogens is 1. The first-order valence-corrected chi connectivity index (χ1v) is 9.94. The standard InChI is InChI=1S/C18H24N4O2S/c1-3-15-6-4-5-7-17(15)20-18-9-8-16(14-19-18)25(23,24)22-12-10-21(2)11-13-22/h4-9,14H,3,10-13H2,1-2H3,(H,19,20). The van der Waals surface area contributed by atoms with E-state index in [0.29, 0.717) is 18.9 Å². The van der Waals surface area contributed by atoms with Crippen LogP contribution in [0.1, 0.15) is 12.5 Å². The van der Waals surface area contributed by atoms with Crippen molar-refractivity contribution in [1.82, 2.24) is 14.2 Å². The molecule has 0 spiro atoms. The van der Waals surface area contributed by atoms with E-state index >= 15 is 0 Å². The molecule has 1 aromatic heterocycles. The number of pyridine rings is 1. The highest BCUT2D eigenvalue weighted by Gasteiger charge is 2.27. The lowest BCUT2D eigenvalue weighted by Crippen LogP contribution is -2.47. The molecule has 0 atom stereocenters. The first-order valence-electron chi connectivity index (χ1n) is 8.50. The molecule has 25 heavy (non-hydrogen) atoms. The van der Waals surface area contributed by atoms with E-state index in [1.54, 1.807) is 12.1 Å². The molecule has 1 fully saturated rings. The summed E-state index contributed by atoms with van der Waals surface area (Å²) in [6.45, 7) is 4.63. The Kier molecular flexibility index (Phi) is 5.36. The van der Waals surface area contributed by atoms with Crippen LogP contribution >= 0.6 is 0 Å². The van der Waals surface area contributed by atoms with Gasteiger partial charge in [0.15, 0.2) is 0 Å². The molecule has 2 aromatic rings. The molecule has 3 rings (SSSR count). The number of benzene rings is 1. The Bertz CT molecular complexity index is 813. The van der Waals surface area contributed by atoms with E-state index < -0.39 is 10.0 Å². The Balaban J connectivity index is 1.75. The molecule has 1 saturated heterocycles. The average molecular weight is 360 g/mol. The summed E-state index contributed by atoms with van der Waals surface area (Å²) < 4.78 is 27.0. The fourth-order valence-corrected chi connectivity index (χ4v) is 4.24. The van der Waals surface area contributed by atoms with Crippen LogP contribution in [0.15, 0.2) is 47.5 Å². The summed E-state index contributed by atoms with van der Waals surface area (Å²) in [5.74, 6) is 0.637. The van der Waals surface area contributed by atoms with Crippen molar-refractivity contribution in [2.24, 2.45) is 0 Å². The van der Waals surface area contributed by atoms with E-state index in [2.05, 4.69) is 28.2 Å². The second-order valence-corrected chi connectivity index (χ2v) is 8.16. The van der Waals surface area contributed by atoms with Crippen LogP contribution in [0, 0.1) is 0 Å². The van der Waals surface area contributed by atoms with Gasteiger partial charge < -0.3 is 10.2 Å². The van der Waals surface area contributed by atoms with Crippen molar-refractivity contribution in [2.75, 3.05) is 38.5 Å². The first-order chi connectivity index (χ1) is 12.0. The predicted octanol–water partition coefficient (Wildman–Crippen LogP) is 2.32. The maximum atomic E-state index is 12.7. The summed E-state index contributed by atoms with van der Waals surface area (Å²) in [5.41, 5.74) is 2.19. The maximum absolute atomic E-state index is 12.7. The molecule has 0 amide bonds. The monoisotopic (exact) mass is 360 g/mol. The van der Waals surface area contributed by atoms with Crippen molar-refractivity contribution in [1.29, 1.82) is 0 Å². The number of sulfonamides is 1. The lowest BCUT2D eigenvalue weighted by atomic mass is 10.1. The van der Waals surface area contributed by atoms with Crippen molar-refractivity contribution >= 4 is 21.5 Å². The van der Waals surface area contributed by atoms with Crippen LogP contribution in [-0.2, 0) is 16.4 Å². The summed E-state index contributed by atoms with van der Waals surface area (Å²) >= 11 is 0. The normalized spacial score (nSPS) is 16.7. The van der Waals surface area contributed by atoms with E-state index in [-0.39, 0.29) is 4.90 Å². The van der Waals surface area contributed by atoms with E-state index in [1.807, 2.05) is 25.2 Å². The zero-order valence-electron chi connectivity index (χ0n) is 14.6. The maximum Gasteiger partial charge on any atom is 0.244 e. The third kappa shape index (κ3) is 4.00. The molecule has 1 aliphatic heterocycles. The molecule has 2 heterocycles. The molecule has 0 unspecified atom stereocenters. The highest BCUT2D eigenvalue weighted by molar-refractivity contribution is 7.89. The Morgan fingerprint density at radius 2 is 1.80 bits per heavy atom. The van der Waals surface area contributed by atoms with Gasteiger partial charge in [-0.2, -0.15) is 4.31 Å². The molecule has 1 aliphatic rings. The number of rotatable bonds is 5. The molecule has 0 aliphatic carbocycles. The smallest absolute Gasteiger partial charge is 0.244 e. The minimum absolute atomic E-state index is 0.242. The van der Waals surface area contributed by atoms with Crippen LogP contribution in [0.4, 0.5) is 11.5 Å². The summed E-state index contributed by atoms with van der Waals surface area (Å²) in [4.78, 5) is 6.67.